The third-order valence-electron chi connectivity index (χ3n) is 4.05. The topological polar surface area (TPSA) is 87.3 Å². The molecule has 0 aliphatic carbocycles. The lowest BCUT2D eigenvalue weighted by Gasteiger charge is -2.12. The summed E-state index contributed by atoms with van der Waals surface area (Å²) in [4.78, 5) is 36.2. The van der Waals surface area contributed by atoms with Gasteiger partial charge in [0.2, 0.25) is 5.91 Å². The van der Waals surface area contributed by atoms with Crippen molar-refractivity contribution in [3.05, 3.63) is 64.7 Å². The van der Waals surface area contributed by atoms with Gasteiger partial charge in [0.15, 0.2) is 0 Å². The standard InChI is InChI=1S/C19H18ClN3O3S/c20-14-5-7-15(8-6-14)27-11-12-1-3-13(4-2-12)18(25)22-23-19(26)16-9-10-17(24)21-16/h1-8,16H,9-11H2,(H,21,24)(H,22,25)(H,23,26). The van der Waals surface area contributed by atoms with E-state index in [0.29, 0.717) is 23.4 Å². The van der Waals surface area contributed by atoms with E-state index in [4.69, 9.17) is 11.6 Å². The van der Waals surface area contributed by atoms with Crippen LogP contribution in [0.4, 0.5) is 0 Å². The zero-order valence-corrected chi connectivity index (χ0v) is 15.9. The fourth-order valence-electron chi connectivity index (χ4n) is 2.54. The van der Waals surface area contributed by atoms with Crippen molar-refractivity contribution in [2.24, 2.45) is 0 Å². The van der Waals surface area contributed by atoms with Crippen LogP contribution in [-0.2, 0) is 15.3 Å². The van der Waals surface area contributed by atoms with Gasteiger partial charge in [0.1, 0.15) is 6.04 Å². The van der Waals surface area contributed by atoms with Gasteiger partial charge in [-0.05, 0) is 48.4 Å². The van der Waals surface area contributed by atoms with Crippen molar-refractivity contribution in [1.29, 1.82) is 0 Å². The van der Waals surface area contributed by atoms with Crippen molar-refractivity contribution in [3.63, 3.8) is 0 Å². The highest BCUT2D eigenvalue weighted by Gasteiger charge is 2.27. The molecule has 0 saturated carbocycles. The van der Waals surface area contributed by atoms with E-state index in [9.17, 15) is 14.4 Å². The van der Waals surface area contributed by atoms with Crippen LogP contribution in [0.2, 0.25) is 5.02 Å². The normalized spacial score (nSPS) is 15.9. The van der Waals surface area contributed by atoms with E-state index >= 15 is 0 Å². The lowest BCUT2D eigenvalue weighted by Crippen LogP contribution is -2.49. The van der Waals surface area contributed by atoms with Crippen molar-refractivity contribution >= 4 is 41.1 Å². The van der Waals surface area contributed by atoms with Crippen LogP contribution in [0, 0.1) is 0 Å². The number of hydrazine groups is 1. The van der Waals surface area contributed by atoms with Crippen LogP contribution in [-0.4, -0.2) is 23.8 Å². The minimum Gasteiger partial charge on any atom is -0.344 e. The Balaban J connectivity index is 1.47. The van der Waals surface area contributed by atoms with Crippen LogP contribution in [0.5, 0.6) is 0 Å². The van der Waals surface area contributed by atoms with Gasteiger partial charge in [0.25, 0.3) is 11.8 Å². The Hall–Kier alpha value is -2.51. The van der Waals surface area contributed by atoms with E-state index in [1.807, 2.05) is 36.4 Å². The van der Waals surface area contributed by atoms with E-state index in [2.05, 4.69) is 16.2 Å². The summed E-state index contributed by atoms with van der Waals surface area (Å²) in [6, 6.07) is 14.2. The lowest BCUT2D eigenvalue weighted by atomic mass is 10.1. The first-order valence-corrected chi connectivity index (χ1v) is 9.74. The zero-order valence-electron chi connectivity index (χ0n) is 14.3. The summed E-state index contributed by atoms with van der Waals surface area (Å²) < 4.78 is 0. The van der Waals surface area contributed by atoms with Gasteiger partial charge in [0.05, 0.1) is 0 Å². The summed E-state index contributed by atoms with van der Waals surface area (Å²) in [6.45, 7) is 0. The molecule has 2 aromatic carbocycles. The molecule has 3 rings (SSSR count). The first-order chi connectivity index (χ1) is 13.0. The molecule has 0 radical (unpaired) electrons. The van der Waals surface area contributed by atoms with Gasteiger partial charge in [-0.15, -0.1) is 11.8 Å². The van der Waals surface area contributed by atoms with Crippen LogP contribution in [0.25, 0.3) is 0 Å². The molecule has 1 fully saturated rings. The zero-order chi connectivity index (χ0) is 19.2. The fourth-order valence-corrected chi connectivity index (χ4v) is 3.52. The van der Waals surface area contributed by atoms with E-state index in [-0.39, 0.29) is 5.91 Å². The quantitative estimate of drug-likeness (QED) is 0.529. The minimum absolute atomic E-state index is 0.159. The Kier molecular flexibility index (Phi) is 6.36. The third-order valence-corrected chi connectivity index (χ3v) is 5.38. The number of rotatable bonds is 5. The Morgan fingerprint density at radius 3 is 2.41 bits per heavy atom. The summed E-state index contributed by atoms with van der Waals surface area (Å²) in [5, 5.41) is 3.25. The van der Waals surface area contributed by atoms with E-state index in [1.54, 1.807) is 23.9 Å². The molecule has 0 aromatic heterocycles. The van der Waals surface area contributed by atoms with E-state index in [0.717, 1.165) is 16.2 Å². The molecule has 1 saturated heterocycles. The van der Waals surface area contributed by atoms with Crippen molar-refractivity contribution in [3.8, 4) is 0 Å². The molecule has 1 heterocycles. The maximum atomic E-state index is 12.1. The SMILES string of the molecule is O=C1CCC(C(=O)NNC(=O)c2ccc(CSc3ccc(Cl)cc3)cc2)N1. The van der Waals surface area contributed by atoms with Crippen LogP contribution < -0.4 is 16.2 Å². The minimum atomic E-state index is -0.593. The van der Waals surface area contributed by atoms with Gasteiger partial charge in [-0.25, -0.2) is 0 Å². The van der Waals surface area contributed by atoms with Gasteiger partial charge in [-0.2, -0.15) is 0 Å². The molecule has 1 unspecified atom stereocenters. The Morgan fingerprint density at radius 1 is 1.07 bits per heavy atom. The molecule has 2 aromatic rings. The molecule has 140 valence electrons. The van der Waals surface area contributed by atoms with Gasteiger partial charge >= 0.3 is 0 Å². The highest BCUT2D eigenvalue weighted by molar-refractivity contribution is 7.98. The lowest BCUT2D eigenvalue weighted by molar-refractivity contribution is -0.126. The first-order valence-electron chi connectivity index (χ1n) is 8.38. The van der Waals surface area contributed by atoms with Crippen molar-refractivity contribution in [2.75, 3.05) is 0 Å². The van der Waals surface area contributed by atoms with Crippen molar-refractivity contribution in [2.45, 2.75) is 29.5 Å². The second-order valence-electron chi connectivity index (χ2n) is 6.04. The van der Waals surface area contributed by atoms with Gasteiger partial charge in [-0.3, -0.25) is 25.2 Å². The summed E-state index contributed by atoms with van der Waals surface area (Å²) in [5.41, 5.74) is 6.22. The molecule has 8 heteroatoms. The molecular weight excluding hydrogens is 386 g/mol. The van der Waals surface area contributed by atoms with Crippen LogP contribution in [0.15, 0.2) is 53.4 Å². The summed E-state index contributed by atoms with van der Waals surface area (Å²) >= 11 is 7.55. The largest absolute Gasteiger partial charge is 0.344 e. The highest BCUT2D eigenvalue weighted by Crippen LogP contribution is 2.24. The fraction of sp³-hybridized carbons (Fsp3) is 0.211. The monoisotopic (exact) mass is 403 g/mol. The van der Waals surface area contributed by atoms with Crippen LogP contribution >= 0.6 is 23.4 Å². The van der Waals surface area contributed by atoms with E-state index < -0.39 is 17.9 Å². The van der Waals surface area contributed by atoms with Gasteiger partial charge in [-0.1, -0.05) is 23.7 Å². The Labute approximate surface area is 166 Å². The average Bonchev–Trinajstić information content (AvgIpc) is 3.12. The molecule has 1 aliphatic rings. The molecule has 0 bridgehead atoms. The number of hydrogen-bond acceptors (Lipinski definition) is 4. The maximum absolute atomic E-state index is 12.1. The maximum Gasteiger partial charge on any atom is 0.269 e. The number of amides is 3. The molecule has 1 aliphatic heterocycles. The number of benzene rings is 2. The van der Waals surface area contributed by atoms with Gasteiger partial charge < -0.3 is 5.32 Å². The molecule has 6 nitrogen and oxygen atoms in total. The number of carbonyl (C=O) groups excluding carboxylic acids is 3. The second-order valence-corrected chi connectivity index (χ2v) is 7.53. The average molecular weight is 404 g/mol. The summed E-state index contributed by atoms with van der Waals surface area (Å²) in [5.74, 6) is -0.231. The number of hydrogen-bond donors (Lipinski definition) is 3. The van der Waals surface area contributed by atoms with Crippen molar-refractivity contribution < 1.29 is 14.4 Å². The predicted octanol–water partition coefficient (Wildman–Crippen LogP) is 2.67. The van der Waals surface area contributed by atoms with Crippen LogP contribution in [0.1, 0.15) is 28.8 Å². The predicted molar refractivity (Wildman–Crippen MR) is 104 cm³/mol. The Morgan fingerprint density at radius 2 is 1.78 bits per heavy atom. The van der Waals surface area contributed by atoms with E-state index in [1.165, 1.54) is 0 Å². The molecule has 1 atom stereocenters. The molecular formula is C19H18ClN3O3S. The Bertz CT molecular complexity index is 840. The second kappa shape index (κ2) is 8.92. The highest BCUT2D eigenvalue weighted by atomic mass is 35.5. The molecule has 0 spiro atoms. The molecule has 27 heavy (non-hydrogen) atoms. The number of halogens is 1. The van der Waals surface area contributed by atoms with Crippen molar-refractivity contribution in [1.82, 2.24) is 16.2 Å². The molecule has 3 N–H and O–H groups in total. The number of nitrogens with one attached hydrogen (secondary N) is 3. The summed E-state index contributed by atoms with van der Waals surface area (Å²) in [6.07, 6.45) is 0.752. The van der Waals surface area contributed by atoms with Crippen LogP contribution in [0.3, 0.4) is 0 Å². The third kappa shape index (κ3) is 5.48. The summed E-state index contributed by atoms with van der Waals surface area (Å²) in [7, 11) is 0. The number of thioether (sulfide) groups is 1. The number of carbonyl (C=O) groups is 3. The molecule has 3 amide bonds. The smallest absolute Gasteiger partial charge is 0.269 e. The first kappa shape index (κ1) is 19.3. The van der Waals surface area contributed by atoms with Gasteiger partial charge in [0, 0.05) is 27.7 Å².